The number of hydrogen-bond acceptors (Lipinski definition) is 4. The van der Waals surface area contributed by atoms with Crippen LogP contribution in [0.4, 0.5) is 4.39 Å². The largest absolute Gasteiger partial charge is 0.356 e. The van der Waals surface area contributed by atoms with Crippen LogP contribution in [0, 0.1) is 5.82 Å². The predicted molar refractivity (Wildman–Crippen MR) is 119 cm³/mol. The van der Waals surface area contributed by atoms with Crippen molar-refractivity contribution in [3.8, 4) is 0 Å². The molecule has 150 valence electrons. The topological polar surface area (TPSA) is 82.6 Å². The molecule has 0 unspecified atom stereocenters. The number of aliphatic imine (C=N–C) groups is 1. The lowest BCUT2D eigenvalue weighted by atomic mass is 10.1. The Balaban J connectivity index is 0.00000364. The van der Waals surface area contributed by atoms with E-state index in [1.807, 2.05) is 6.07 Å². The van der Waals surface area contributed by atoms with Gasteiger partial charge in [0.2, 0.25) is 10.0 Å². The minimum atomic E-state index is -3.55. The normalized spacial score (nSPS) is 11.7. The van der Waals surface area contributed by atoms with Crippen LogP contribution >= 0.6 is 46.9 Å². The summed E-state index contributed by atoms with van der Waals surface area (Å²) in [6, 6.07) is 9.43. The fourth-order valence-electron chi connectivity index (χ4n) is 2.12. The second-order valence-corrected chi connectivity index (χ2v) is 8.97. The van der Waals surface area contributed by atoms with E-state index in [1.54, 1.807) is 19.2 Å². The van der Waals surface area contributed by atoms with Crippen molar-refractivity contribution in [3.63, 3.8) is 0 Å². The summed E-state index contributed by atoms with van der Waals surface area (Å²) in [7, 11) is -1.93. The third-order valence-electron chi connectivity index (χ3n) is 3.34. The molecule has 1 aromatic carbocycles. The standard InChI is InChI=1S/C16H20ClFN4O2S2.HI/c1-19-16(20-8-7-12-3-2-4-13(18)11-12)21-9-10-22-26(23,24)15-6-5-14(17)25-15;/h2-6,11,22H,7-10H2,1H3,(H2,19,20,21);1H. The zero-order valence-corrected chi connectivity index (χ0v) is 19.3. The van der Waals surface area contributed by atoms with E-state index in [0.717, 1.165) is 16.9 Å². The van der Waals surface area contributed by atoms with Crippen molar-refractivity contribution in [1.82, 2.24) is 15.4 Å². The lowest BCUT2D eigenvalue weighted by Gasteiger charge is -2.12. The molecule has 2 aromatic rings. The molecule has 0 radical (unpaired) electrons. The lowest BCUT2D eigenvalue weighted by molar-refractivity contribution is 0.582. The predicted octanol–water partition coefficient (Wildman–Crippen LogP) is 2.84. The highest BCUT2D eigenvalue weighted by molar-refractivity contribution is 14.0. The second-order valence-electron chi connectivity index (χ2n) is 5.26. The Morgan fingerprint density at radius 1 is 1.19 bits per heavy atom. The number of nitrogens with zero attached hydrogens (tertiary/aromatic N) is 1. The lowest BCUT2D eigenvalue weighted by Crippen LogP contribution is -2.42. The van der Waals surface area contributed by atoms with E-state index in [2.05, 4.69) is 20.3 Å². The van der Waals surface area contributed by atoms with E-state index >= 15 is 0 Å². The number of halogens is 3. The summed E-state index contributed by atoms with van der Waals surface area (Å²) in [5.74, 6) is 0.282. The Bertz CT molecular complexity index is 862. The summed E-state index contributed by atoms with van der Waals surface area (Å²) in [5.41, 5.74) is 0.885. The first-order valence-electron chi connectivity index (χ1n) is 7.84. The molecule has 6 nitrogen and oxygen atoms in total. The SMILES string of the molecule is CN=C(NCCNS(=O)(=O)c1ccc(Cl)s1)NCCc1cccc(F)c1.I. The third kappa shape index (κ3) is 8.30. The van der Waals surface area contributed by atoms with Crippen molar-refractivity contribution in [2.45, 2.75) is 10.6 Å². The van der Waals surface area contributed by atoms with Gasteiger partial charge in [-0.05, 0) is 36.2 Å². The van der Waals surface area contributed by atoms with Gasteiger partial charge in [-0.25, -0.2) is 17.5 Å². The third-order valence-corrected chi connectivity index (χ3v) is 6.53. The Morgan fingerprint density at radius 2 is 1.93 bits per heavy atom. The summed E-state index contributed by atoms with van der Waals surface area (Å²) in [4.78, 5) is 4.06. The molecule has 11 heteroatoms. The summed E-state index contributed by atoms with van der Waals surface area (Å²) in [5, 5.41) is 6.11. The van der Waals surface area contributed by atoms with Crippen LogP contribution in [0.25, 0.3) is 0 Å². The van der Waals surface area contributed by atoms with Gasteiger partial charge in [-0.3, -0.25) is 4.99 Å². The summed E-state index contributed by atoms with van der Waals surface area (Å²) >= 11 is 6.76. The quantitative estimate of drug-likeness (QED) is 0.206. The van der Waals surface area contributed by atoms with Crippen LogP contribution < -0.4 is 15.4 Å². The van der Waals surface area contributed by atoms with E-state index in [1.165, 1.54) is 18.2 Å². The molecule has 0 aliphatic rings. The van der Waals surface area contributed by atoms with Gasteiger partial charge in [-0.2, -0.15) is 0 Å². The van der Waals surface area contributed by atoms with Gasteiger partial charge >= 0.3 is 0 Å². The highest BCUT2D eigenvalue weighted by Crippen LogP contribution is 2.25. The number of rotatable bonds is 8. The molecular weight excluding hydrogens is 526 g/mol. The van der Waals surface area contributed by atoms with Crippen molar-refractivity contribution < 1.29 is 12.8 Å². The Labute approximate surface area is 184 Å². The molecule has 0 aliphatic carbocycles. The second kappa shape index (κ2) is 11.8. The molecule has 0 atom stereocenters. The molecule has 0 spiro atoms. The fraction of sp³-hybridized carbons (Fsp3) is 0.312. The molecule has 27 heavy (non-hydrogen) atoms. The molecule has 0 fully saturated rings. The highest BCUT2D eigenvalue weighted by atomic mass is 127. The van der Waals surface area contributed by atoms with Crippen molar-refractivity contribution >= 4 is 62.9 Å². The van der Waals surface area contributed by atoms with Crippen LogP contribution in [0.3, 0.4) is 0 Å². The molecule has 0 aliphatic heterocycles. The van der Waals surface area contributed by atoms with Gasteiger partial charge in [0.05, 0.1) is 4.34 Å². The first kappa shape index (κ1) is 24.1. The number of thiophene rings is 1. The van der Waals surface area contributed by atoms with Crippen LogP contribution in [0.5, 0.6) is 0 Å². The van der Waals surface area contributed by atoms with E-state index in [-0.39, 0.29) is 40.5 Å². The van der Waals surface area contributed by atoms with Gasteiger partial charge in [-0.15, -0.1) is 35.3 Å². The van der Waals surface area contributed by atoms with Gasteiger partial charge in [0.25, 0.3) is 0 Å². The molecule has 3 N–H and O–H groups in total. The summed E-state index contributed by atoms with van der Waals surface area (Å²) in [6.07, 6.45) is 0.643. The average molecular weight is 547 g/mol. The van der Waals surface area contributed by atoms with Crippen LogP contribution in [0.2, 0.25) is 4.34 Å². The zero-order chi connectivity index (χ0) is 19.0. The van der Waals surface area contributed by atoms with Crippen molar-refractivity contribution in [1.29, 1.82) is 0 Å². The van der Waals surface area contributed by atoms with E-state index in [9.17, 15) is 12.8 Å². The van der Waals surface area contributed by atoms with Crippen molar-refractivity contribution in [2.24, 2.45) is 4.99 Å². The first-order valence-corrected chi connectivity index (χ1v) is 10.5. The Hall–Kier alpha value is -0.950. The van der Waals surface area contributed by atoms with E-state index in [4.69, 9.17) is 11.6 Å². The number of hydrogen-bond donors (Lipinski definition) is 3. The monoisotopic (exact) mass is 546 g/mol. The van der Waals surface area contributed by atoms with Gasteiger partial charge < -0.3 is 10.6 Å². The zero-order valence-electron chi connectivity index (χ0n) is 14.5. The van der Waals surface area contributed by atoms with E-state index in [0.29, 0.717) is 29.8 Å². The molecule has 0 saturated heterocycles. The highest BCUT2D eigenvalue weighted by Gasteiger charge is 2.15. The van der Waals surface area contributed by atoms with Gasteiger partial charge in [0.1, 0.15) is 10.0 Å². The van der Waals surface area contributed by atoms with Crippen LogP contribution in [0.1, 0.15) is 5.56 Å². The minimum Gasteiger partial charge on any atom is -0.356 e. The Kier molecular flexibility index (Phi) is 10.5. The summed E-state index contributed by atoms with van der Waals surface area (Å²) < 4.78 is 40.3. The molecule has 0 saturated carbocycles. The van der Waals surface area contributed by atoms with Crippen LogP contribution in [-0.4, -0.2) is 41.1 Å². The van der Waals surface area contributed by atoms with Gasteiger partial charge in [-0.1, -0.05) is 23.7 Å². The Morgan fingerprint density at radius 3 is 2.56 bits per heavy atom. The van der Waals surface area contributed by atoms with Gasteiger partial charge in [0.15, 0.2) is 5.96 Å². The minimum absolute atomic E-state index is 0. The van der Waals surface area contributed by atoms with E-state index < -0.39 is 10.0 Å². The van der Waals surface area contributed by atoms with Crippen LogP contribution in [0.15, 0.2) is 45.6 Å². The summed E-state index contributed by atoms with van der Waals surface area (Å²) in [6.45, 7) is 1.13. The molecule has 2 rings (SSSR count). The molecular formula is C16H21ClFIN4O2S2. The number of benzene rings is 1. The maximum Gasteiger partial charge on any atom is 0.250 e. The van der Waals surface area contributed by atoms with Crippen molar-refractivity contribution in [2.75, 3.05) is 26.7 Å². The number of guanidine groups is 1. The molecule has 0 bridgehead atoms. The average Bonchev–Trinajstić information content (AvgIpc) is 3.04. The number of nitrogens with one attached hydrogen (secondary N) is 3. The van der Waals surface area contributed by atoms with Crippen LogP contribution in [-0.2, 0) is 16.4 Å². The fourth-order valence-corrected chi connectivity index (χ4v) is 4.68. The maximum atomic E-state index is 13.1. The van der Waals surface area contributed by atoms with Crippen molar-refractivity contribution in [3.05, 3.63) is 52.1 Å². The first-order chi connectivity index (χ1) is 12.4. The number of sulfonamides is 1. The maximum absolute atomic E-state index is 13.1. The smallest absolute Gasteiger partial charge is 0.250 e. The molecule has 1 heterocycles. The van der Waals surface area contributed by atoms with Gasteiger partial charge in [0, 0.05) is 26.7 Å². The molecule has 1 aromatic heterocycles. The molecule has 0 amide bonds.